The summed E-state index contributed by atoms with van der Waals surface area (Å²) in [4.78, 5) is 37.4. The summed E-state index contributed by atoms with van der Waals surface area (Å²) in [5.74, 6) is -0.876. The van der Waals surface area contributed by atoms with Gasteiger partial charge >= 0.3 is 0 Å². The van der Waals surface area contributed by atoms with Crippen LogP contribution in [0.3, 0.4) is 0 Å². The molecule has 0 unspecified atom stereocenters. The molecule has 1 aliphatic carbocycles. The fourth-order valence-electron chi connectivity index (χ4n) is 3.93. The number of hydrogen-bond acceptors (Lipinski definition) is 4. The number of nitrogens with one attached hydrogen (secondary N) is 2. The highest BCUT2D eigenvalue weighted by Gasteiger charge is 2.17. The molecule has 0 saturated heterocycles. The number of aromatic nitrogens is 2. The van der Waals surface area contributed by atoms with Gasteiger partial charge in [-0.15, -0.1) is 0 Å². The summed E-state index contributed by atoms with van der Waals surface area (Å²) in [6.45, 7) is 2.12. The summed E-state index contributed by atoms with van der Waals surface area (Å²) in [7, 11) is 0. The number of amides is 2. The van der Waals surface area contributed by atoms with Gasteiger partial charge in [-0.1, -0.05) is 36.4 Å². The molecule has 0 bridgehead atoms. The summed E-state index contributed by atoms with van der Waals surface area (Å²) in [5.41, 5.74) is 8.34. The van der Waals surface area contributed by atoms with Crippen molar-refractivity contribution < 1.29 is 9.59 Å². The number of carbonyl (C=O) groups excluding carboxylic acids is 2. The van der Waals surface area contributed by atoms with Crippen LogP contribution in [0.25, 0.3) is 10.8 Å². The Bertz CT molecular complexity index is 1180. The second kappa shape index (κ2) is 8.49. The van der Waals surface area contributed by atoms with Crippen LogP contribution in [-0.4, -0.2) is 21.6 Å². The van der Waals surface area contributed by atoms with Crippen molar-refractivity contribution in [3.63, 3.8) is 0 Å². The highest BCUT2D eigenvalue weighted by Crippen LogP contribution is 2.22. The summed E-state index contributed by atoms with van der Waals surface area (Å²) in [5, 5.41) is 5.04. The number of hydrazine groups is 1. The van der Waals surface area contributed by atoms with Crippen molar-refractivity contribution in [2.75, 3.05) is 0 Å². The maximum atomic E-state index is 12.7. The zero-order valence-corrected chi connectivity index (χ0v) is 16.9. The van der Waals surface area contributed by atoms with Gasteiger partial charge in [0.2, 0.25) is 5.91 Å². The van der Waals surface area contributed by atoms with Crippen molar-refractivity contribution >= 4 is 22.6 Å². The zero-order valence-electron chi connectivity index (χ0n) is 16.9. The molecule has 2 N–H and O–H groups in total. The summed E-state index contributed by atoms with van der Waals surface area (Å²) in [6.07, 6.45) is 4.72. The molecule has 0 atom stereocenters. The number of benzene rings is 2. The van der Waals surface area contributed by atoms with Crippen LogP contribution >= 0.6 is 0 Å². The highest BCUT2D eigenvalue weighted by atomic mass is 16.2. The number of carbonyl (C=O) groups is 2. The predicted molar refractivity (Wildman–Crippen MR) is 114 cm³/mol. The van der Waals surface area contributed by atoms with Crippen LogP contribution in [0.5, 0.6) is 0 Å². The van der Waals surface area contributed by atoms with Crippen LogP contribution in [-0.2, 0) is 30.6 Å². The van der Waals surface area contributed by atoms with Crippen molar-refractivity contribution in [3.8, 4) is 0 Å². The molecule has 7 nitrogen and oxygen atoms in total. The largest absolute Gasteiger partial charge is 0.290 e. The van der Waals surface area contributed by atoms with E-state index in [2.05, 4.69) is 28.1 Å². The van der Waals surface area contributed by atoms with Gasteiger partial charge in [0.05, 0.1) is 11.8 Å². The molecule has 2 amide bonds. The van der Waals surface area contributed by atoms with Crippen molar-refractivity contribution in [2.45, 2.75) is 45.6 Å². The van der Waals surface area contributed by atoms with E-state index in [-0.39, 0.29) is 23.6 Å². The van der Waals surface area contributed by atoms with Crippen LogP contribution in [0.4, 0.5) is 0 Å². The molecule has 2 aromatic carbocycles. The van der Waals surface area contributed by atoms with Crippen molar-refractivity contribution in [2.24, 2.45) is 0 Å². The third-order valence-corrected chi connectivity index (χ3v) is 5.48. The average Bonchev–Trinajstić information content (AvgIpc) is 2.78. The summed E-state index contributed by atoms with van der Waals surface area (Å²) in [6, 6.07) is 13.0. The quantitative estimate of drug-likeness (QED) is 0.653. The lowest BCUT2D eigenvalue weighted by molar-refractivity contribution is -0.121. The van der Waals surface area contributed by atoms with E-state index in [0.717, 1.165) is 18.4 Å². The van der Waals surface area contributed by atoms with Crippen LogP contribution < -0.4 is 16.4 Å². The van der Waals surface area contributed by atoms with E-state index in [0.29, 0.717) is 17.3 Å². The molecule has 30 heavy (non-hydrogen) atoms. The van der Waals surface area contributed by atoms with E-state index in [9.17, 15) is 14.4 Å². The number of nitrogens with zero attached hydrogens (tertiary/aromatic N) is 2. The molecular formula is C23H24N4O3. The molecule has 0 aliphatic heterocycles. The standard InChI is InChI=1S/C23H24N4O3/c1-2-27-23(30)19-10-6-5-9-18(19)21(26-27)22(29)25-24-20(28)14-15-11-12-16-7-3-4-8-17(16)13-15/h5-6,9-13H,2-4,7-8,14H2,1H3,(H,24,28)(H,25,29). The van der Waals surface area contributed by atoms with Crippen LogP contribution in [0.2, 0.25) is 0 Å². The van der Waals surface area contributed by atoms with E-state index in [4.69, 9.17) is 0 Å². The molecule has 0 radical (unpaired) electrons. The maximum absolute atomic E-state index is 12.7. The van der Waals surface area contributed by atoms with Crippen molar-refractivity contribution in [1.82, 2.24) is 20.6 Å². The van der Waals surface area contributed by atoms with Gasteiger partial charge < -0.3 is 0 Å². The molecule has 0 saturated carbocycles. The smallest absolute Gasteiger partial charge is 0.273 e. The first kappa shape index (κ1) is 19.8. The van der Waals surface area contributed by atoms with E-state index in [1.807, 2.05) is 6.07 Å². The molecule has 0 spiro atoms. The van der Waals surface area contributed by atoms with Crippen LogP contribution in [0.1, 0.15) is 46.9 Å². The molecule has 3 aromatic rings. The number of hydrogen-bond donors (Lipinski definition) is 2. The Morgan fingerprint density at radius 3 is 2.50 bits per heavy atom. The molecular weight excluding hydrogens is 380 g/mol. The Morgan fingerprint density at radius 1 is 1.00 bits per heavy atom. The van der Waals surface area contributed by atoms with Gasteiger partial charge in [-0.05, 0) is 55.4 Å². The first-order valence-corrected chi connectivity index (χ1v) is 10.3. The third-order valence-electron chi connectivity index (χ3n) is 5.48. The average molecular weight is 404 g/mol. The Balaban J connectivity index is 1.47. The third kappa shape index (κ3) is 3.96. The summed E-state index contributed by atoms with van der Waals surface area (Å²) < 4.78 is 1.24. The SMILES string of the molecule is CCn1nc(C(=O)NNC(=O)Cc2ccc3c(c2)CCCC3)c2ccccc2c1=O. The minimum absolute atomic E-state index is 0.0983. The minimum atomic E-state index is -0.563. The number of rotatable bonds is 4. The van der Waals surface area contributed by atoms with E-state index >= 15 is 0 Å². The predicted octanol–water partition coefficient (Wildman–Crippen LogP) is 2.30. The van der Waals surface area contributed by atoms with Crippen LogP contribution in [0, 0.1) is 0 Å². The Labute approximate surface area is 174 Å². The minimum Gasteiger partial charge on any atom is -0.273 e. The van der Waals surface area contributed by atoms with E-state index in [1.54, 1.807) is 31.2 Å². The Kier molecular flexibility index (Phi) is 5.61. The fourth-order valence-corrected chi connectivity index (χ4v) is 3.93. The van der Waals surface area contributed by atoms with Gasteiger partial charge in [0.15, 0.2) is 5.69 Å². The van der Waals surface area contributed by atoms with E-state index in [1.165, 1.54) is 28.7 Å². The molecule has 1 aromatic heterocycles. The first-order chi connectivity index (χ1) is 14.6. The monoisotopic (exact) mass is 404 g/mol. The zero-order chi connectivity index (χ0) is 21.1. The molecule has 7 heteroatoms. The lowest BCUT2D eigenvalue weighted by Gasteiger charge is -2.16. The number of fused-ring (bicyclic) bond motifs is 2. The fraction of sp³-hybridized carbons (Fsp3) is 0.304. The second-order valence-corrected chi connectivity index (χ2v) is 7.50. The second-order valence-electron chi connectivity index (χ2n) is 7.50. The normalized spacial score (nSPS) is 13.0. The van der Waals surface area contributed by atoms with Crippen LogP contribution in [0.15, 0.2) is 47.3 Å². The van der Waals surface area contributed by atoms with Gasteiger partial charge in [-0.3, -0.25) is 25.2 Å². The highest BCUT2D eigenvalue weighted by molar-refractivity contribution is 6.05. The van der Waals surface area contributed by atoms with Gasteiger partial charge in [-0.25, -0.2) is 4.68 Å². The van der Waals surface area contributed by atoms with Crippen molar-refractivity contribution in [1.29, 1.82) is 0 Å². The molecule has 4 rings (SSSR count). The molecule has 154 valence electrons. The van der Waals surface area contributed by atoms with Gasteiger partial charge in [0.1, 0.15) is 0 Å². The topological polar surface area (TPSA) is 93.1 Å². The molecule has 0 fully saturated rings. The maximum Gasteiger partial charge on any atom is 0.290 e. The lowest BCUT2D eigenvalue weighted by atomic mass is 9.90. The molecule has 1 heterocycles. The van der Waals surface area contributed by atoms with E-state index < -0.39 is 5.91 Å². The van der Waals surface area contributed by atoms with Crippen molar-refractivity contribution in [3.05, 3.63) is 75.2 Å². The Hall–Kier alpha value is -3.48. The van der Waals surface area contributed by atoms with Gasteiger partial charge in [0.25, 0.3) is 11.5 Å². The Morgan fingerprint density at radius 2 is 1.73 bits per heavy atom. The summed E-state index contributed by atoms with van der Waals surface area (Å²) >= 11 is 0. The molecule has 1 aliphatic rings. The van der Waals surface area contributed by atoms with Gasteiger partial charge in [-0.2, -0.15) is 5.10 Å². The first-order valence-electron chi connectivity index (χ1n) is 10.3. The van der Waals surface area contributed by atoms with Gasteiger partial charge in [0, 0.05) is 11.9 Å². The number of aryl methyl sites for hydroxylation is 3. The lowest BCUT2D eigenvalue weighted by Crippen LogP contribution is -2.43.